The van der Waals surface area contributed by atoms with Crippen LogP contribution in [-0.2, 0) is 0 Å². The van der Waals surface area contributed by atoms with Gasteiger partial charge in [0.15, 0.2) is 0 Å². The van der Waals surface area contributed by atoms with Gasteiger partial charge in [0, 0.05) is 25.0 Å². The smallest absolute Gasteiger partial charge is 0.0960 e. The summed E-state index contributed by atoms with van der Waals surface area (Å²) >= 11 is 0. The van der Waals surface area contributed by atoms with Crippen molar-refractivity contribution in [2.75, 3.05) is 6.54 Å². The summed E-state index contributed by atoms with van der Waals surface area (Å²) < 4.78 is 0. The molecule has 0 spiro atoms. The van der Waals surface area contributed by atoms with Gasteiger partial charge in [0.05, 0.1) is 6.07 Å². The van der Waals surface area contributed by atoms with Crippen LogP contribution in [-0.4, -0.2) is 18.3 Å². The summed E-state index contributed by atoms with van der Waals surface area (Å²) in [6, 6.07) is 2.22. The second-order valence-corrected chi connectivity index (χ2v) is 12.3. The molecule has 0 heterocycles. The molecule has 0 saturated heterocycles. The molecule has 3 heteroatoms. The summed E-state index contributed by atoms with van der Waals surface area (Å²) in [5.41, 5.74) is 1.16. The average Bonchev–Trinajstić information content (AvgIpc) is 3.10. The maximum Gasteiger partial charge on any atom is 0.0960 e. The van der Waals surface area contributed by atoms with Gasteiger partial charge >= 0.3 is 0 Å². The van der Waals surface area contributed by atoms with Crippen molar-refractivity contribution in [2.24, 2.45) is 63.8 Å². The third kappa shape index (κ3) is 5.06. The molecule has 0 amide bonds. The van der Waals surface area contributed by atoms with Gasteiger partial charge in [-0.25, -0.2) is 0 Å². The quantitative estimate of drug-likeness (QED) is 0.239. The van der Waals surface area contributed by atoms with Crippen molar-refractivity contribution in [2.45, 2.75) is 99.8 Å². The molecule has 0 radical (unpaired) electrons. The van der Waals surface area contributed by atoms with Crippen LogP contribution in [0.2, 0.25) is 0 Å². The summed E-state index contributed by atoms with van der Waals surface area (Å²) in [6.45, 7) is 20.6. The fraction of sp³-hybridized carbons (Fsp3) is 0.867. The maximum absolute atomic E-state index is 9.15. The Kier molecular flexibility index (Phi) is 8.74. The van der Waals surface area contributed by atoms with E-state index in [4.69, 9.17) is 5.26 Å². The number of nitrogens with zero attached hydrogens (tertiary/aromatic N) is 3. The first-order chi connectivity index (χ1) is 15.8. The van der Waals surface area contributed by atoms with Gasteiger partial charge in [0.25, 0.3) is 0 Å². The molecule has 3 nitrogen and oxygen atoms in total. The lowest BCUT2D eigenvalue weighted by atomic mass is 9.48. The molecular formula is C30H51N3. The molecule has 4 fully saturated rings. The van der Waals surface area contributed by atoms with Crippen molar-refractivity contribution < 1.29 is 0 Å². The predicted molar refractivity (Wildman–Crippen MR) is 140 cm³/mol. The highest BCUT2D eigenvalue weighted by molar-refractivity contribution is 5.24. The molecule has 4 aliphatic rings. The lowest BCUT2D eigenvalue weighted by molar-refractivity contribution is -0.0818. The summed E-state index contributed by atoms with van der Waals surface area (Å²) in [5, 5.41) is 15.3. The van der Waals surface area contributed by atoms with E-state index in [1.54, 1.807) is 0 Å². The van der Waals surface area contributed by atoms with Gasteiger partial charge in [0.1, 0.15) is 0 Å². The first-order valence-corrected chi connectivity index (χ1v) is 14.1. The van der Waals surface area contributed by atoms with Crippen LogP contribution in [0, 0.1) is 70.0 Å². The van der Waals surface area contributed by atoms with Crippen molar-refractivity contribution >= 4 is 6.72 Å². The summed E-state index contributed by atoms with van der Waals surface area (Å²) in [7, 11) is 0. The van der Waals surface area contributed by atoms with Gasteiger partial charge in [-0.05, 0) is 111 Å². The molecule has 0 aromatic carbocycles. The van der Waals surface area contributed by atoms with E-state index in [9.17, 15) is 0 Å². The zero-order valence-electron chi connectivity index (χ0n) is 22.7. The number of rotatable bonds is 5. The van der Waals surface area contributed by atoms with E-state index in [1.807, 2.05) is 32.0 Å². The minimum Gasteiger partial charge on any atom is -0.272 e. The zero-order chi connectivity index (χ0) is 24.3. The topological polar surface area (TPSA) is 39.4 Å². The van der Waals surface area contributed by atoms with E-state index in [1.165, 1.54) is 51.4 Å². The van der Waals surface area contributed by atoms with Gasteiger partial charge in [-0.2, -0.15) is 10.4 Å². The van der Waals surface area contributed by atoms with E-state index < -0.39 is 0 Å². The van der Waals surface area contributed by atoms with Gasteiger partial charge in [-0.1, -0.05) is 48.0 Å². The summed E-state index contributed by atoms with van der Waals surface area (Å²) in [5.74, 6) is 8.05. The van der Waals surface area contributed by atoms with E-state index in [2.05, 4.69) is 45.6 Å². The highest BCUT2D eigenvalue weighted by Gasteiger charge is 2.59. The Labute approximate surface area is 205 Å². The third-order valence-electron chi connectivity index (χ3n) is 10.5. The fourth-order valence-electron chi connectivity index (χ4n) is 9.39. The molecule has 186 valence electrons. The minimum absolute atomic E-state index is 0.468. The lowest BCUT2D eigenvalue weighted by Crippen LogP contribution is -2.50. The van der Waals surface area contributed by atoms with E-state index in [-0.39, 0.29) is 0 Å². The number of allylic oxidation sites excluding steroid dienone is 1. The van der Waals surface area contributed by atoms with Crippen LogP contribution >= 0.6 is 0 Å². The minimum atomic E-state index is 0.468. The van der Waals surface area contributed by atoms with Gasteiger partial charge in [-0.3, -0.25) is 5.01 Å². The third-order valence-corrected chi connectivity index (χ3v) is 10.5. The Morgan fingerprint density at radius 2 is 1.82 bits per heavy atom. The second kappa shape index (κ2) is 11.0. The Hall–Kier alpha value is -1.30. The zero-order valence-corrected chi connectivity index (χ0v) is 22.7. The Bertz CT molecular complexity index is 735. The summed E-state index contributed by atoms with van der Waals surface area (Å²) in [4.78, 5) is 0. The highest BCUT2D eigenvalue weighted by Crippen LogP contribution is 2.67. The summed E-state index contributed by atoms with van der Waals surface area (Å²) in [6.07, 6.45) is 13.6. The number of hydrogen-bond donors (Lipinski definition) is 0. The SMILES string of the molecule is C=NN(/C=C(\C)C#N)CC(C)C1CC(C)C2C3CCC4CC(C)CCC4C3CCC12C.CC. The maximum atomic E-state index is 9.15. The fourth-order valence-corrected chi connectivity index (χ4v) is 9.39. The van der Waals surface area contributed by atoms with Crippen molar-refractivity contribution in [1.82, 2.24) is 5.01 Å². The lowest BCUT2D eigenvalue weighted by Gasteiger charge is -2.57. The average molecular weight is 454 g/mol. The molecule has 0 N–H and O–H groups in total. The van der Waals surface area contributed by atoms with Crippen LogP contribution in [0.5, 0.6) is 0 Å². The van der Waals surface area contributed by atoms with Gasteiger partial charge in [-0.15, -0.1) is 0 Å². The van der Waals surface area contributed by atoms with Crippen LogP contribution < -0.4 is 0 Å². The molecular weight excluding hydrogens is 402 g/mol. The molecule has 4 saturated carbocycles. The Balaban J connectivity index is 0.00000149. The largest absolute Gasteiger partial charge is 0.272 e. The first kappa shape index (κ1) is 26.3. The highest BCUT2D eigenvalue weighted by atomic mass is 15.4. The van der Waals surface area contributed by atoms with E-state index >= 15 is 0 Å². The van der Waals surface area contributed by atoms with Crippen LogP contribution in [0.3, 0.4) is 0 Å². The number of hydrazone groups is 1. The number of fused-ring (bicyclic) bond motifs is 5. The first-order valence-electron chi connectivity index (χ1n) is 14.1. The molecule has 4 rings (SSSR count). The van der Waals surface area contributed by atoms with Crippen LogP contribution in [0.15, 0.2) is 16.9 Å². The molecule has 10 unspecified atom stereocenters. The van der Waals surface area contributed by atoms with Crippen LogP contribution in [0.25, 0.3) is 0 Å². The van der Waals surface area contributed by atoms with Crippen molar-refractivity contribution in [3.8, 4) is 6.07 Å². The predicted octanol–water partition coefficient (Wildman–Crippen LogP) is 8.14. The number of hydrogen-bond acceptors (Lipinski definition) is 3. The molecule has 0 aromatic rings. The van der Waals surface area contributed by atoms with Crippen LogP contribution in [0.1, 0.15) is 99.8 Å². The molecule has 0 aliphatic heterocycles. The molecule has 10 atom stereocenters. The van der Waals surface area contributed by atoms with E-state index in [0.717, 1.165) is 53.9 Å². The molecule has 4 aliphatic carbocycles. The molecule has 0 bridgehead atoms. The van der Waals surface area contributed by atoms with Crippen molar-refractivity contribution in [1.29, 1.82) is 5.26 Å². The number of nitriles is 1. The Morgan fingerprint density at radius 3 is 2.48 bits per heavy atom. The molecule has 0 aromatic heterocycles. The standard InChI is InChI=1S/C28H45N3.C2H6/c1-18-7-9-23-22(13-18)8-10-25-24(23)11-12-28(5)26(14-20(3)27(25)28)21(4)17-31(30-6)16-19(2)15-29;1-2/h16,18,20-27H,6-14,17H2,1-5H3;1-2H3/b19-16+;. The van der Waals surface area contributed by atoms with E-state index in [0.29, 0.717) is 16.9 Å². The van der Waals surface area contributed by atoms with Crippen molar-refractivity contribution in [3.63, 3.8) is 0 Å². The second-order valence-electron chi connectivity index (χ2n) is 12.3. The normalized spacial score (nSPS) is 43.0. The molecule has 33 heavy (non-hydrogen) atoms. The monoisotopic (exact) mass is 453 g/mol. The van der Waals surface area contributed by atoms with Crippen LogP contribution in [0.4, 0.5) is 0 Å². The van der Waals surface area contributed by atoms with Gasteiger partial charge in [0.2, 0.25) is 0 Å². The van der Waals surface area contributed by atoms with Crippen molar-refractivity contribution in [3.05, 3.63) is 11.8 Å². The van der Waals surface area contributed by atoms with Gasteiger partial charge < -0.3 is 0 Å². The Morgan fingerprint density at radius 1 is 1.12 bits per heavy atom.